The molecule has 1 aliphatic heterocycles. The van der Waals surface area contributed by atoms with E-state index in [2.05, 4.69) is 0 Å². The Kier molecular flexibility index (Phi) is 6.67. The second-order valence-corrected chi connectivity index (χ2v) is 7.17. The van der Waals surface area contributed by atoms with Gasteiger partial charge in [0.05, 0.1) is 11.6 Å². The van der Waals surface area contributed by atoms with Crippen molar-refractivity contribution in [2.45, 2.75) is 69.1 Å². The Morgan fingerprint density at radius 2 is 1.88 bits per heavy atom. The molecule has 2 atom stereocenters. The van der Waals surface area contributed by atoms with Crippen LogP contribution in [-0.4, -0.2) is 34.0 Å². The minimum Gasteiger partial charge on any atom is -0.388 e. The molecule has 1 aromatic rings. The van der Waals surface area contributed by atoms with Crippen molar-refractivity contribution in [3.8, 4) is 0 Å². The normalized spacial score (nSPS) is 24.2. The van der Waals surface area contributed by atoms with Gasteiger partial charge in [0.25, 0.3) is 0 Å². The molecule has 4 nitrogen and oxygen atoms in total. The highest BCUT2D eigenvalue weighted by Gasteiger charge is 2.42. The van der Waals surface area contributed by atoms with Gasteiger partial charge in [-0.05, 0) is 37.7 Å². The van der Waals surface area contributed by atoms with Gasteiger partial charge in [0, 0.05) is 12.6 Å². The van der Waals surface area contributed by atoms with E-state index in [-0.39, 0.29) is 24.4 Å². The van der Waals surface area contributed by atoms with E-state index < -0.39 is 11.6 Å². The number of rotatable bonds is 4. The van der Waals surface area contributed by atoms with Gasteiger partial charge >= 0.3 is 0 Å². The zero-order valence-electron chi connectivity index (χ0n) is 14.2. The van der Waals surface area contributed by atoms with Crippen molar-refractivity contribution in [1.82, 2.24) is 4.90 Å². The zero-order chi connectivity index (χ0) is 16.3. The molecule has 1 aliphatic carbocycles. The van der Waals surface area contributed by atoms with Crippen LogP contribution in [0.25, 0.3) is 0 Å². The van der Waals surface area contributed by atoms with Crippen molar-refractivity contribution < 1.29 is 9.90 Å². The molecule has 3 rings (SSSR count). The van der Waals surface area contributed by atoms with Crippen molar-refractivity contribution in [2.24, 2.45) is 5.73 Å². The molecule has 2 unspecified atom stereocenters. The highest BCUT2D eigenvalue weighted by Crippen LogP contribution is 2.33. The summed E-state index contributed by atoms with van der Waals surface area (Å²) in [5.41, 5.74) is 6.69. The number of aliphatic hydroxyl groups excluding tert-OH is 1. The van der Waals surface area contributed by atoms with Crippen LogP contribution in [0.3, 0.4) is 0 Å². The number of aliphatic hydroxyl groups is 1. The number of amides is 1. The first kappa shape index (κ1) is 19.2. The standard InChI is InChI=1S/C19H28N2O2.ClH/c20-19(11-5-2-6-12-19)18(23)21-13-7-10-16(21)14-17(22)15-8-3-1-4-9-15;/h1,3-4,8-9,16-17,22H,2,5-7,10-14,20H2;1H. The van der Waals surface area contributed by atoms with E-state index in [1.54, 1.807) is 0 Å². The van der Waals surface area contributed by atoms with Gasteiger partial charge in [-0.25, -0.2) is 0 Å². The van der Waals surface area contributed by atoms with E-state index >= 15 is 0 Å². The molecule has 1 saturated carbocycles. The van der Waals surface area contributed by atoms with Gasteiger partial charge in [0.2, 0.25) is 5.91 Å². The van der Waals surface area contributed by atoms with Crippen molar-refractivity contribution in [1.29, 1.82) is 0 Å². The Labute approximate surface area is 150 Å². The summed E-state index contributed by atoms with van der Waals surface area (Å²) in [5, 5.41) is 10.5. The summed E-state index contributed by atoms with van der Waals surface area (Å²) in [6.07, 6.45) is 6.94. The SMILES string of the molecule is Cl.NC1(C(=O)N2CCCC2CC(O)c2ccccc2)CCCCC1. The number of likely N-dealkylation sites (tertiary alicyclic amines) is 1. The molecule has 1 heterocycles. The van der Waals surface area contributed by atoms with E-state index in [0.29, 0.717) is 6.42 Å². The molecular weight excluding hydrogens is 324 g/mol. The third kappa shape index (κ3) is 4.11. The number of carbonyl (C=O) groups excluding carboxylic acids is 1. The minimum atomic E-state index is -0.668. The number of halogens is 1. The summed E-state index contributed by atoms with van der Waals surface area (Å²) >= 11 is 0. The van der Waals surface area contributed by atoms with Crippen LogP contribution in [0.4, 0.5) is 0 Å². The minimum absolute atomic E-state index is 0. The molecule has 2 aliphatic rings. The lowest BCUT2D eigenvalue weighted by Crippen LogP contribution is -2.57. The fraction of sp³-hybridized carbons (Fsp3) is 0.632. The van der Waals surface area contributed by atoms with Gasteiger partial charge in [-0.1, -0.05) is 49.6 Å². The first-order valence-electron chi connectivity index (χ1n) is 8.93. The molecule has 3 N–H and O–H groups in total. The van der Waals surface area contributed by atoms with Crippen molar-refractivity contribution in [2.75, 3.05) is 6.54 Å². The first-order chi connectivity index (χ1) is 11.1. The Morgan fingerprint density at radius 1 is 1.21 bits per heavy atom. The lowest BCUT2D eigenvalue weighted by molar-refractivity contribution is -0.139. The number of hydrogen-bond donors (Lipinski definition) is 2. The summed E-state index contributed by atoms with van der Waals surface area (Å²) in [7, 11) is 0. The molecule has 1 amide bonds. The number of nitrogens with zero attached hydrogens (tertiary/aromatic N) is 1. The highest BCUT2D eigenvalue weighted by atomic mass is 35.5. The molecule has 1 aromatic carbocycles. The monoisotopic (exact) mass is 352 g/mol. The topological polar surface area (TPSA) is 66.6 Å². The Hall–Kier alpha value is -1.10. The largest absolute Gasteiger partial charge is 0.388 e. The summed E-state index contributed by atoms with van der Waals surface area (Å²) < 4.78 is 0. The van der Waals surface area contributed by atoms with Crippen molar-refractivity contribution >= 4 is 18.3 Å². The molecule has 0 bridgehead atoms. The fourth-order valence-electron chi connectivity index (χ4n) is 4.10. The van der Waals surface area contributed by atoms with Crippen LogP contribution in [0.15, 0.2) is 30.3 Å². The van der Waals surface area contributed by atoms with E-state index in [9.17, 15) is 9.90 Å². The number of nitrogens with two attached hydrogens (primary N) is 1. The van der Waals surface area contributed by atoms with Gasteiger partial charge in [0.15, 0.2) is 0 Å². The molecule has 0 aromatic heterocycles. The van der Waals surface area contributed by atoms with Crippen LogP contribution >= 0.6 is 12.4 Å². The summed E-state index contributed by atoms with van der Waals surface area (Å²) in [5.74, 6) is 0.111. The molecule has 134 valence electrons. The van der Waals surface area contributed by atoms with Crippen molar-refractivity contribution in [3.63, 3.8) is 0 Å². The predicted octanol–water partition coefficient (Wildman–Crippen LogP) is 3.18. The Morgan fingerprint density at radius 3 is 2.54 bits per heavy atom. The van der Waals surface area contributed by atoms with Crippen LogP contribution in [0.5, 0.6) is 0 Å². The average Bonchev–Trinajstić information content (AvgIpc) is 3.03. The second-order valence-electron chi connectivity index (χ2n) is 7.17. The van der Waals surface area contributed by atoms with E-state index in [0.717, 1.165) is 50.6 Å². The van der Waals surface area contributed by atoms with Crippen LogP contribution < -0.4 is 5.73 Å². The van der Waals surface area contributed by atoms with Gasteiger partial charge < -0.3 is 15.7 Å². The number of hydrogen-bond acceptors (Lipinski definition) is 3. The lowest BCUT2D eigenvalue weighted by Gasteiger charge is -2.38. The maximum atomic E-state index is 13.0. The molecule has 1 saturated heterocycles. The molecule has 2 fully saturated rings. The van der Waals surface area contributed by atoms with Crippen LogP contribution in [0.2, 0.25) is 0 Å². The van der Waals surface area contributed by atoms with Crippen LogP contribution in [-0.2, 0) is 4.79 Å². The molecular formula is C19H29ClN2O2. The zero-order valence-corrected chi connectivity index (χ0v) is 15.0. The lowest BCUT2D eigenvalue weighted by atomic mass is 9.81. The van der Waals surface area contributed by atoms with Gasteiger partial charge in [0.1, 0.15) is 0 Å². The number of carbonyl (C=O) groups is 1. The maximum Gasteiger partial charge on any atom is 0.242 e. The predicted molar refractivity (Wildman–Crippen MR) is 98.0 cm³/mol. The smallest absolute Gasteiger partial charge is 0.242 e. The maximum absolute atomic E-state index is 13.0. The number of benzene rings is 1. The summed E-state index contributed by atoms with van der Waals surface area (Å²) in [4.78, 5) is 14.9. The first-order valence-corrected chi connectivity index (χ1v) is 8.93. The van der Waals surface area contributed by atoms with Gasteiger partial charge in [-0.3, -0.25) is 4.79 Å². The van der Waals surface area contributed by atoms with E-state index in [1.165, 1.54) is 6.42 Å². The third-order valence-corrected chi connectivity index (χ3v) is 5.49. The Bertz CT molecular complexity index is 531. The average molecular weight is 353 g/mol. The van der Waals surface area contributed by atoms with Gasteiger partial charge in [-0.2, -0.15) is 0 Å². The van der Waals surface area contributed by atoms with E-state index in [1.807, 2.05) is 35.2 Å². The van der Waals surface area contributed by atoms with Gasteiger partial charge in [-0.15, -0.1) is 12.4 Å². The summed E-state index contributed by atoms with van der Waals surface area (Å²) in [6, 6.07) is 9.82. The third-order valence-electron chi connectivity index (χ3n) is 5.49. The molecule has 24 heavy (non-hydrogen) atoms. The highest BCUT2D eigenvalue weighted by molar-refractivity contribution is 5.86. The Balaban J connectivity index is 0.00000208. The molecule has 5 heteroatoms. The van der Waals surface area contributed by atoms with E-state index in [4.69, 9.17) is 5.73 Å². The van der Waals surface area contributed by atoms with Crippen LogP contribution in [0, 0.1) is 0 Å². The fourth-order valence-corrected chi connectivity index (χ4v) is 4.10. The van der Waals surface area contributed by atoms with Crippen molar-refractivity contribution in [3.05, 3.63) is 35.9 Å². The second kappa shape index (κ2) is 8.32. The van der Waals surface area contributed by atoms with Crippen LogP contribution in [0.1, 0.15) is 63.0 Å². The molecule has 0 radical (unpaired) electrons. The quantitative estimate of drug-likeness (QED) is 0.874. The molecule has 0 spiro atoms. The summed E-state index contributed by atoms with van der Waals surface area (Å²) in [6.45, 7) is 0.782.